The predicted molar refractivity (Wildman–Crippen MR) is 121 cm³/mol. The van der Waals surface area contributed by atoms with Crippen LogP contribution in [0.3, 0.4) is 0 Å². The van der Waals surface area contributed by atoms with Crippen LogP contribution in [-0.2, 0) is 0 Å². The second kappa shape index (κ2) is 6.67. The van der Waals surface area contributed by atoms with Gasteiger partial charge in [0.05, 0.1) is 12.5 Å². The fraction of sp³-hybridized carbons (Fsp3) is 0.786. The Bertz CT molecular complexity index is 807. The lowest BCUT2D eigenvalue weighted by atomic mass is 9.33. The van der Waals surface area contributed by atoms with Crippen molar-refractivity contribution in [2.24, 2.45) is 45.3 Å². The fourth-order valence-corrected chi connectivity index (χ4v) is 9.03. The van der Waals surface area contributed by atoms with Crippen LogP contribution in [0.2, 0.25) is 0 Å². The number of rotatable bonds is 1. The second-order valence-corrected chi connectivity index (χ2v) is 12.4. The summed E-state index contributed by atoms with van der Waals surface area (Å²) in [5.41, 5.74) is 2.48. The van der Waals surface area contributed by atoms with E-state index < -0.39 is 0 Å². The zero-order chi connectivity index (χ0) is 21.2. The molecule has 3 aliphatic carbocycles. The highest BCUT2D eigenvalue weighted by atomic mass is 16.3. The van der Waals surface area contributed by atoms with Crippen molar-refractivity contribution in [2.75, 3.05) is 0 Å². The minimum absolute atomic E-state index is 0.0994. The van der Waals surface area contributed by atoms with Crippen LogP contribution in [-0.4, -0.2) is 0 Å². The van der Waals surface area contributed by atoms with Crippen LogP contribution in [0.5, 0.6) is 0 Å². The molecule has 0 N–H and O–H groups in total. The van der Waals surface area contributed by atoms with Crippen LogP contribution < -0.4 is 0 Å². The average Bonchev–Trinajstić information content (AvgIpc) is 3.13. The van der Waals surface area contributed by atoms with Gasteiger partial charge in [0, 0.05) is 5.41 Å². The van der Waals surface area contributed by atoms with E-state index in [9.17, 15) is 0 Å². The Balaban J connectivity index is 1.84. The number of hydrogen-bond donors (Lipinski definition) is 0. The van der Waals surface area contributed by atoms with Crippen LogP contribution in [0, 0.1) is 57.2 Å². The summed E-state index contributed by atoms with van der Waals surface area (Å²) in [4.78, 5) is 0. The van der Waals surface area contributed by atoms with Gasteiger partial charge in [0.25, 0.3) is 0 Å². The highest BCUT2D eigenvalue weighted by Gasteiger charge is 2.67. The number of furan rings is 1. The lowest BCUT2D eigenvalue weighted by Gasteiger charge is -2.71. The molecular weight excluding hydrogens is 352 g/mol. The summed E-state index contributed by atoms with van der Waals surface area (Å²) in [5, 5.41) is 0. The van der Waals surface area contributed by atoms with Crippen LogP contribution >= 0.6 is 0 Å². The van der Waals surface area contributed by atoms with Gasteiger partial charge in [0.15, 0.2) is 0 Å². The topological polar surface area (TPSA) is 13.1 Å². The van der Waals surface area contributed by atoms with Gasteiger partial charge in [-0.05, 0) is 103 Å². The van der Waals surface area contributed by atoms with Crippen LogP contribution in [0.15, 0.2) is 23.0 Å². The van der Waals surface area contributed by atoms with E-state index in [0.29, 0.717) is 28.6 Å². The maximum Gasteiger partial charge on any atom is 0.0937 e. The maximum absolute atomic E-state index is 5.50. The fourth-order valence-electron chi connectivity index (χ4n) is 9.03. The molecule has 0 bridgehead atoms. The first-order valence-corrected chi connectivity index (χ1v) is 11.9. The molecule has 0 spiro atoms. The molecule has 0 aromatic carbocycles. The zero-order valence-electron chi connectivity index (χ0n) is 20.1. The normalized spacial score (nSPS) is 48.8. The first-order chi connectivity index (χ1) is 13.5. The molecule has 3 aliphatic rings. The summed E-state index contributed by atoms with van der Waals surface area (Å²) in [6.07, 6.45) is 10.4. The number of fused-ring (bicyclic) bond motifs is 3. The Morgan fingerprint density at radius 1 is 1.10 bits per heavy atom. The van der Waals surface area contributed by atoms with Crippen molar-refractivity contribution in [2.45, 2.75) is 93.4 Å². The lowest BCUT2D eigenvalue weighted by Crippen LogP contribution is -2.64. The second-order valence-electron chi connectivity index (χ2n) is 12.4. The van der Waals surface area contributed by atoms with E-state index in [-0.39, 0.29) is 10.8 Å². The summed E-state index contributed by atoms with van der Waals surface area (Å²) in [5.74, 6) is 10.8. The van der Waals surface area contributed by atoms with Crippen LogP contribution in [0.4, 0.5) is 0 Å². The molecule has 1 nitrogen and oxygen atoms in total. The standard InChI is InChI=1S/C28H42O/c1-9-12-26(6)18-25(4,5)20(3)24-27(7)16-22(21-11-14-29-17-21)15-19(2)23(27)10-13-28(24,26)8/h11,14,17,19-20,22-24H,10,13,15-16,18H2,1-8H3/t19-,20?,22-,23+,24+,26?,27-,28+/m0/s1. The van der Waals surface area contributed by atoms with Crippen molar-refractivity contribution in [1.29, 1.82) is 0 Å². The van der Waals surface area contributed by atoms with Crippen molar-refractivity contribution in [3.05, 3.63) is 24.2 Å². The molecule has 4 rings (SSSR count). The Morgan fingerprint density at radius 2 is 1.83 bits per heavy atom. The van der Waals surface area contributed by atoms with E-state index in [2.05, 4.69) is 66.4 Å². The smallest absolute Gasteiger partial charge is 0.0937 e. The first kappa shape index (κ1) is 21.1. The van der Waals surface area contributed by atoms with Crippen molar-refractivity contribution >= 4 is 0 Å². The Labute approximate surface area is 179 Å². The Kier molecular flexibility index (Phi) is 4.85. The predicted octanol–water partition coefficient (Wildman–Crippen LogP) is 7.93. The summed E-state index contributed by atoms with van der Waals surface area (Å²) in [6, 6.07) is 2.21. The third-order valence-corrected chi connectivity index (χ3v) is 10.5. The molecule has 1 aromatic heterocycles. The maximum atomic E-state index is 5.50. The highest BCUT2D eigenvalue weighted by molar-refractivity contribution is 5.26. The highest BCUT2D eigenvalue weighted by Crippen LogP contribution is 2.74. The quantitative estimate of drug-likeness (QED) is 0.441. The Hall–Kier alpha value is -1.16. The van der Waals surface area contributed by atoms with Crippen molar-refractivity contribution < 1.29 is 4.42 Å². The van der Waals surface area contributed by atoms with Crippen molar-refractivity contribution in [3.8, 4) is 11.8 Å². The van der Waals surface area contributed by atoms with Gasteiger partial charge in [-0.25, -0.2) is 0 Å². The van der Waals surface area contributed by atoms with E-state index in [1.165, 1.54) is 37.7 Å². The van der Waals surface area contributed by atoms with Gasteiger partial charge in [-0.2, -0.15) is 0 Å². The molecule has 0 saturated heterocycles. The van der Waals surface area contributed by atoms with Gasteiger partial charge >= 0.3 is 0 Å². The monoisotopic (exact) mass is 394 g/mol. The van der Waals surface area contributed by atoms with E-state index in [1.54, 1.807) is 0 Å². The lowest BCUT2D eigenvalue weighted by molar-refractivity contribution is -0.212. The van der Waals surface area contributed by atoms with Gasteiger partial charge in [0.2, 0.25) is 0 Å². The molecule has 1 heteroatoms. The van der Waals surface area contributed by atoms with Gasteiger partial charge in [0.1, 0.15) is 0 Å². The molecule has 3 saturated carbocycles. The molecule has 160 valence electrons. The molecule has 1 heterocycles. The molecule has 1 aromatic rings. The molecule has 0 radical (unpaired) electrons. The van der Waals surface area contributed by atoms with E-state index in [1.807, 2.05) is 19.5 Å². The molecule has 29 heavy (non-hydrogen) atoms. The molecular formula is C28H42O. The van der Waals surface area contributed by atoms with Gasteiger partial charge in [-0.15, -0.1) is 5.92 Å². The van der Waals surface area contributed by atoms with Crippen LogP contribution in [0.1, 0.15) is 99.0 Å². The van der Waals surface area contributed by atoms with Crippen LogP contribution in [0.25, 0.3) is 0 Å². The third-order valence-electron chi connectivity index (χ3n) is 10.5. The minimum Gasteiger partial charge on any atom is -0.472 e. The van der Waals surface area contributed by atoms with E-state index in [4.69, 9.17) is 4.42 Å². The largest absolute Gasteiger partial charge is 0.472 e. The van der Waals surface area contributed by atoms with Gasteiger partial charge in [-0.1, -0.05) is 47.5 Å². The summed E-state index contributed by atoms with van der Waals surface area (Å²) in [7, 11) is 0. The van der Waals surface area contributed by atoms with Gasteiger partial charge in [-0.3, -0.25) is 0 Å². The molecule has 0 aliphatic heterocycles. The van der Waals surface area contributed by atoms with E-state index >= 15 is 0 Å². The first-order valence-electron chi connectivity index (χ1n) is 11.9. The molecule has 2 unspecified atom stereocenters. The summed E-state index contributed by atoms with van der Waals surface area (Å²) >= 11 is 0. The minimum atomic E-state index is 0.0994. The Morgan fingerprint density at radius 3 is 2.45 bits per heavy atom. The van der Waals surface area contributed by atoms with Crippen molar-refractivity contribution in [1.82, 2.24) is 0 Å². The summed E-state index contributed by atoms with van der Waals surface area (Å²) in [6.45, 7) is 19.9. The summed E-state index contributed by atoms with van der Waals surface area (Å²) < 4.78 is 5.50. The molecule has 0 amide bonds. The molecule has 3 fully saturated rings. The molecule has 8 atom stereocenters. The SMILES string of the molecule is CC#CC1(C)CC(C)(C)C(C)[C@@H]2[C@@]3(C)C[C@@H](c4ccoc4)C[C@H](C)[C@H]3CC[C@]21C. The average molecular weight is 395 g/mol. The van der Waals surface area contributed by atoms with Gasteiger partial charge < -0.3 is 4.42 Å². The third kappa shape index (κ3) is 2.88. The van der Waals surface area contributed by atoms with E-state index in [0.717, 1.165) is 11.8 Å². The zero-order valence-corrected chi connectivity index (χ0v) is 20.1. The van der Waals surface area contributed by atoms with Crippen molar-refractivity contribution in [3.63, 3.8) is 0 Å². The number of hydrogen-bond acceptors (Lipinski definition) is 1.